The summed E-state index contributed by atoms with van der Waals surface area (Å²) in [5.74, 6) is -0.201. The first-order chi connectivity index (χ1) is 16.9. The Morgan fingerprint density at radius 2 is 1.80 bits per heavy atom. The normalized spacial score (nSPS) is 29.3. The van der Waals surface area contributed by atoms with Gasteiger partial charge in [-0.3, -0.25) is 14.4 Å². The molecule has 1 aromatic rings. The van der Waals surface area contributed by atoms with Crippen molar-refractivity contribution in [1.29, 1.82) is 0 Å². The van der Waals surface area contributed by atoms with Crippen molar-refractivity contribution in [3.63, 3.8) is 0 Å². The van der Waals surface area contributed by atoms with Crippen LogP contribution in [0.15, 0.2) is 24.3 Å². The van der Waals surface area contributed by atoms with Crippen LogP contribution in [0.3, 0.4) is 0 Å². The van der Waals surface area contributed by atoms with Crippen molar-refractivity contribution >= 4 is 17.6 Å². The van der Waals surface area contributed by atoms with Crippen LogP contribution in [-0.4, -0.2) is 89.1 Å². The van der Waals surface area contributed by atoms with Gasteiger partial charge in [-0.05, 0) is 68.9 Å². The summed E-state index contributed by atoms with van der Waals surface area (Å²) in [5.41, 5.74) is 0.744. The van der Waals surface area contributed by atoms with Crippen molar-refractivity contribution in [3.05, 3.63) is 35.4 Å². The lowest BCUT2D eigenvalue weighted by molar-refractivity contribution is -0.143. The van der Waals surface area contributed by atoms with Gasteiger partial charge in [0.05, 0.1) is 6.54 Å². The van der Waals surface area contributed by atoms with Crippen molar-refractivity contribution < 1.29 is 24.2 Å². The first kappa shape index (κ1) is 24.4. The number of amides is 2. The molecule has 3 aliphatic heterocycles. The maximum absolute atomic E-state index is 13.8. The SMILES string of the molecule is CCN1CCC(c2ccc(C(=O)NC3(C(=O)N4C[C@H](O)[C@H]5OCC(=O)[C@H]54)CCCCC3)cc2)CC1. The van der Waals surface area contributed by atoms with Gasteiger partial charge in [-0.2, -0.15) is 0 Å². The number of nitrogens with zero attached hydrogens (tertiary/aromatic N) is 2. The molecule has 0 aromatic heterocycles. The number of Topliss-reactive ketones (excluding diaryl/α,β-unsaturated/α-hetero) is 1. The van der Waals surface area contributed by atoms with Crippen LogP contribution in [0.5, 0.6) is 0 Å². The number of likely N-dealkylation sites (tertiary alicyclic amines) is 2. The molecular formula is C27H37N3O5. The van der Waals surface area contributed by atoms with Gasteiger partial charge in [0, 0.05) is 5.56 Å². The van der Waals surface area contributed by atoms with Crippen LogP contribution in [0.1, 0.15) is 73.7 Å². The molecule has 35 heavy (non-hydrogen) atoms. The predicted octanol–water partition coefficient (Wildman–Crippen LogP) is 1.86. The second-order valence-electron chi connectivity index (χ2n) is 10.6. The zero-order chi connectivity index (χ0) is 24.6. The van der Waals surface area contributed by atoms with Gasteiger partial charge in [-0.1, -0.05) is 38.3 Å². The van der Waals surface area contributed by atoms with Gasteiger partial charge >= 0.3 is 0 Å². The zero-order valence-electron chi connectivity index (χ0n) is 20.6. The van der Waals surface area contributed by atoms with Crippen LogP contribution in [0.4, 0.5) is 0 Å². The number of hydrogen-bond donors (Lipinski definition) is 2. The zero-order valence-corrected chi connectivity index (χ0v) is 20.6. The van der Waals surface area contributed by atoms with Gasteiger partial charge in [0.15, 0.2) is 5.78 Å². The molecule has 190 valence electrons. The van der Waals surface area contributed by atoms with E-state index in [2.05, 4.69) is 17.1 Å². The average molecular weight is 484 g/mol. The maximum atomic E-state index is 13.8. The van der Waals surface area contributed by atoms with E-state index in [0.717, 1.165) is 51.7 Å². The first-order valence-corrected chi connectivity index (χ1v) is 13.2. The molecule has 8 nitrogen and oxygen atoms in total. The number of aliphatic hydroxyl groups excluding tert-OH is 1. The van der Waals surface area contributed by atoms with Crippen LogP contribution < -0.4 is 5.32 Å². The van der Waals surface area contributed by atoms with Crippen LogP contribution >= 0.6 is 0 Å². The van der Waals surface area contributed by atoms with E-state index in [1.54, 1.807) is 0 Å². The molecule has 5 rings (SSSR count). The summed E-state index contributed by atoms with van der Waals surface area (Å²) in [7, 11) is 0. The molecule has 4 aliphatic rings. The van der Waals surface area contributed by atoms with Gasteiger partial charge < -0.3 is 25.0 Å². The third-order valence-corrected chi connectivity index (χ3v) is 8.57. The lowest BCUT2D eigenvalue weighted by atomic mass is 9.80. The van der Waals surface area contributed by atoms with Crippen molar-refractivity contribution in [1.82, 2.24) is 15.1 Å². The number of fused-ring (bicyclic) bond motifs is 1. The number of rotatable bonds is 5. The Morgan fingerprint density at radius 1 is 1.11 bits per heavy atom. The van der Waals surface area contributed by atoms with Gasteiger partial charge in [0.1, 0.15) is 30.4 Å². The monoisotopic (exact) mass is 483 g/mol. The van der Waals surface area contributed by atoms with Crippen molar-refractivity contribution in [2.24, 2.45) is 0 Å². The van der Waals surface area contributed by atoms with Crippen molar-refractivity contribution in [3.8, 4) is 0 Å². The molecular weight excluding hydrogens is 446 g/mol. The summed E-state index contributed by atoms with van der Waals surface area (Å²) in [5, 5.41) is 13.5. The number of hydrogen-bond acceptors (Lipinski definition) is 6. The van der Waals surface area contributed by atoms with E-state index in [-0.39, 0.29) is 30.7 Å². The molecule has 3 saturated heterocycles. The summed E-state index contributed by atoms with van der Waals surface area (Å²) < 4.78 is 5.44. The standard InChI is InChI=1S/C27H37N3O5/c1-2-29-14-10-19(11-15-29)18-6-8-20(9-7-18)25(33)28-27(12-4-3-5-13-27)26(34)30-16-21(31)24-23(30)22(32)17-35-24/h6-9,19,21,23-24,31H,2-5,10-17H2,1H3,(H,28,33)/t21-,23+,24+/m0/s1. The fraction of sp³-hybridized carbons (Fsp3) is 0.667. The fourth-order valence-corrected chi connectivity index (χ4v) is 6.44. The molecule has 0 radical (unpaired) electrons. The maximum Gasteiger partial charge on any atom is 0.252 e. The largest absolute Gasteiger partial charge is 0.388 e. The molecule has 0 unspecified atom stereocenters. The molecule has 4 fully saturated rings. The minimum absolute atomic E-state index is 0.0586. The number of nitrogens with one attached hydrogen (secondary N) is 1. The topological polar surface area (TPSA) is 99.2 Å². The summed E-state index contributed by atoms with van der Waals surface area (Å²) in [6, 6.07) is 7.06. The highest BCUT2D eigenvalue weighted by atomic mass is 16.5. The number of ether oxygens (including phenoxy) is 1. The fourth-order valence-electron chi connectivity index (χ4n) is 6.44. The van der Waals surface area contributed by atoms with Crippen molar-refractivity contribution in [2.45, 2.75) is 81.6 Å². The number of β-amino-alcohol motifs (C(OH)–C–C–N with tert-alkyl or cyclic N) is 1. The van der Waals surface area contributed by atoms with E-state index >= 15 is 0 Å². The molecule has 3 heterocycles. The van der Waals surface area contributed by atoms with E-state index in [0.29, 0.717) is 24.3 Å². The molecule has 1 aliphatic carbocycles. The second kappa shape index (κ2) is 9.99. The molecule has 0 spiro atoms. The highest BCUT2D eigenvalue weighted by Gasteiger charge is 2.55. The van der Waals surface area contributed by atoms with Crippen LogP contribution in [0, 0.1) is 0 Å². The molecule has 0 bridgehead atoms. The Bertz CT molecular complexity index is 950. The van der Waals surface area contributed by atoms with Gasteiger partial charge in [0.25, 0.3) is 5.91 Å². The third-order valence-electron chi connectivity index (χ3n) is 8.57. The van der Waals surface area contributed by atoms with Gasteiger partial charge in [0.2, 0.25) is 5.91 Å². The highest BCUT2D eigenvalue weighted by Crippen LogP contribution is 2.35. The van der Waals surface area contributed by atoms with Crippen LogP contribution in [0.25, 0.3) is 0 Å². The molecule has 3 atom stereocenters. The quantitative estimate of drug-likeness (QED) is 0.663. The number of carbonyl (C=O) groups excluding carboxylic acids is 3. The summed E-state index contributed by atoms with van der Waals surface area (Å²) in [6.07, 6.45) is 4.44. The van der Waals surface area contributed by atoms with Gasteiger partial charge in [-0.15, -0.1) is 0 Å². The Labute approximate surface area is 207 Å². The summed E-state index contributed by atoms with van der Waals surface area (Å²) in [4.78, 5) is 43.5. The minimum atomic E-state index is -1.06. The Balaban J connectivity index is 1.30. The van der Waals surface area contributed by atoms with Crippen molar-refractivity contribution in [2.75, 3.05) is 32.8 Å². The number of aliphatic hydroxyl groups is 1. The highest BCUT2D eigenvalue weighted by molar-refractivity contribution is 6.01. The van der Waals surface area contributed by atoms with E-state index < -0.39 is 23.8 Å². The van der Waals surface area contributed by atoms with Gasteiger partial charge in [-0.25, -0.2) is 0 Å². The number of ketones is 1. The van der Waals surface area contributed by atoms with Crippen LogP contribution in [-0.2, 0) is 14.3 Å². The molecule has 8 heteroatoms. The number of benzene rings is 1. The second-order valence-corrected chi connectivity index (χ2v) is 10.6. The molecule has 1 aromatic carbocycles. The number of carbonyl (C=O) groups is 3. The smallest absolute Gasteiger partial charge is 0.252 e. The molecule has 2 amide bonds. The Kier molecular flexibility index (Phi) is 6.97. The van der Waals surface area contributed by atoms with E-state index in [4.69, 9.17) is 4.74 Å². The van der Waals surface area contributed by atoms with E-state index in [1.165, 1.54) is 10.5 Å². The Morgan fingerprint density at radius 3 is 2.46 bits per heavy atom. The van der Waals surface area contributed by atoms with E-state index in [1.807, 2.05) is 24.3 Å². The summed E-state index contributed by atoms with van der Waals surface area (Å²) in [6.45, 7) is 5.47. The minimum Gasteiger partial charge on any atom is -0.388 e. The van der Waals surface area contributed by atoms with E-state index in [9.17, 15) is 19.5 Å². The lowest BCUT2D eigenvalue weighted by Crippen LogP contribution is -2.62. The Hall–Kier alpha value is -2.29. The lowest BCUT2D eigenvalue weighted by Gasteiger charge is -2.40. The molecule has 1 saturated carbocycles. The van der Waals surface area contributed by atoms with Crippen LogP contribution in [0.2, 0.25) is 0 Å². The predicted molar refractivity (Wildman–Crippen MR) is 130 cm³/mol. The third kappa shape index (κ3) is 4.63. The first-order valence-electron chi connectivity index (χ1n) is 13.2. The number of piperidine rings is 1. The average Bonchev–Trinajstić information content (AvgIpc) is 3.44. The summed E-state index contributed by atoms with van der Waals surface area (Å²) >= 11 is 0. The molecule has 2 N–H and O–H groups in total.